The van der Waals surface area contributed by atoms with E-state index in [1.807, 2.05) is 32.0 Å². The summed E-state index contributed by atoms with van der Waals surface area (Å²) in [5, 5.41) is 12.7. The standard InChI is InChI=1S/C19H27N5O5.C8H9ClO/c1-3-5-15(12-6-7-13(18(26)27)14(20)10-12)22-19(28)24-11-16(23-29-4-2)21-9-8-17(24)25;1-6-5-7(9)3-4-8(6)10-2/h6-7,10,15H,3-5,8-9,11,20H2,1-2H3,(H,21,23)(H,22,28)(H,26,27);3-5H,1-2H3. The number of hydrogen-bond donors (Lipinski definition) is 4. The van der Waals surface area contributed by atoms with Crippen molar-refractivity contribution in [3.05, 3.63) is 58.1 Å². The molecule has 3 amide bonds. The maximum atomic E-state index is 12.8. The number of amides is 3. The Bertz CT molecular complexity index is 1190. The van der Waals surface area contributed by atoms with E-state index < -0.39 is 18.0 Å². The van der Waals surface area contributed by atoms with E-state index in [4.69, 9.17) is 32.0 Å². The molecule has 12 heteroatoms. The van der Waals surface area contributed by atoms with Crippen molar-refractivity contribution in [2.24, 2.45) is 4.99 Å². The lowest BCUT2D eigenvalue weighted by Gasteiger charge is -2.25. The molecule has 1 aliphatic heterocycles. The number of hydrogen-bond acceptors (Lipinski definition) is 8. The second-order valence-electron chi connectivity index (χ2n) is 8.65. The SMILES string of the molecule is CCCC(NC(=O)N1CC(NOCC)=NCCC1=O)c1ccc(C(=O)O)c(N)c1.COc1ccc(Cl)cc1C. The number of anilines is 1. The molecule has 212 valence electrons. The van der Waals surface area contributed by atoms with E-state index in [2.05, 4.69) is 15.8 Å². The van der Waals surface area contributed by atoms with Crippen LogP contribution in [0.3, 0.4) is 0 Å². The van der Waals surface area contributed by atoms with Crippen molar-refractivity contribution in [2.75, 3.05) is 32.5 Å². The maximum Gasteiger partial charge on any atom is 0.337 e. The second-order valence-corrected chi connectivity index (χ2v) is 9.09. The number of carbonyl (C=O) groups excluding carboxylic acids is 2. The molecule has 1 heterocycles. The topological polar surface area (TPSA) is 156 Å². The Hall–Kier alpha value is -3.83. The molecular formula is C27H36ClN5O6. The first-order valence-electron chi connectivity index (χ1n) is 12.6. The van der Waals surface area contributed by atoms with Gasteiger partial charge in [0, 0.05) is 23.7 Å². The summed E-state index contributed by atoms with van der Waals surface area (Å²) in [4.78, 5) is 46.8. The van der Waals surface area contributed by atoms with Gasteiger partial charge in [0.05, 0.1) is 31.9 Å². The number of ether oxygens (including phenoxy) is 1. The number of benzene rings is 2. The molecule has 0 spiro atoms. The zero-order valence-corrected chi connectivity index (χ0v) is 23.4. The highest BCUT2D eigenvalue weighted by Crippen LogP contribution is 2.24. The van der Waals surface area contributed by atoms with Gasteiger partial charge >= 0.3 is 12.0 Å². The number of nitrogens with two attached hydrogens (primary N) is 1. The Kier molecular flexibility index (Phi) is 12.5. The number of imide groups is 1. The summed E-state index contributed by atoms with van der Waals surface area (Å²) in [6.07, 6.45) is 1.47. The third kappa shape index (κ3) is 9.45. The van der Waals surface area contributed by atoms with Crippen LogP contribution in [0.15, 0.2) is 41.4 Å². The highest BCUT2D eigenvalue weighted by atomic mass is 35.5. The fourth-order valence-electron chi connectivity index (χ4n) is 3.79. The first-order valence-corrected chi connectivity index (χ1v) is 12.9. The number of carboxylic acids is 1. The molecule has 0 aromatic heterocycles. The fourth-order valence-corrected chi connectivity index (χ4v) is 4.01. The number of aromatic carboxylic acids is 1. The molecule has 1 aliphatic rings. The van der Waals surface area contributed by atoms with Crippen molar-refractivity contribution < 1.29 is 29.1 Å². The van der Waals surface area contributed by atoms with Crippen LogP contribution in [0.5, 0.6) is 5.75 Å². The van der Waals surface area contributed by atoms with Gasteiger partial charge in [-0.05, 0) is 61.7 Å². The van der Waals surface area contributed by atoms with Gasteiger partial charge in [0.1, 0.15) is 11.6 Å². The monoisotopic (exact) mass is 561 g/mol. The molecule has 0 fully saturated rings. The number of nitrogens with one attached hydrogen (secondary N) is 2. The van der Waals surface area contributed by atoms with Crippen molar-refractivity contribution in [3.8, 4) is 5.75 Å². The number of carbonyl (C=O) groups is 3. The lowest BCUT2D eigenvalue weighted by atomic mass is 9.99. The summed E-state index contributed by atoms with van der Waals surface area (Å²) >= 11 is 5.72. The van der Waals surface area contributed by atoms with Gasteiger partial charge in [-0.2, -0.15) is 0 Å². The minimum Gasteiger partial charge on any atom is -0.496 e. The third-order valence-electron chi connectivity index (χ3n) is 5.76. The Morgan fingerprint density at radius 3 is 2.56 bits per heavy atom. The summed E-state index contributed by atoms with van der Waals surface area (Å²) in [6, 6.07) is 9.14. The van der Waals surface area contributed by atoms with Crippen LogP contribution in [0.4, 0.5) is 10.5 Å². The number of halogens is 1. The molecule has 0 bridgehead atoms. The zero-order chi connectivity index (χ0) is 28.9. The molecule has 2 aromatic carbocycles. The Morgan fingerprint density at radius 1 is 1.23 bits per heavy atom. The predicted octanol–water partition coefficient (Wildman–Crippen LogP) is 4.35. The number of hydroxylamine groups is 1. The first kappa shape index (κ1) is 31.4. The summed E-state index contributed by atoms with van der Waals surface area (Å²) in [5.74, 6) is -0.177. The van der Waals surface area contributed by atoms with Gasteiger partial charge in [-0.3, -0.25) is 25.0 Å². The number of nitrogen functional groups attached to an aromatic ring is 1. The molecule has 3 rings (SSSR count). The molecule has 0 aliphatic carbocycles. The van der Waals surface area contributed by atoms with Gasteiger partial charge in [-0.1, -0.05) is 31.0 Å². The fraction of sp³-hybridized carbons (Fsp3) is 0.407. The molecule has 11 nitrogen and oxygen atoms in total. The molecule has 0 radical (unpaired) electrons. The van der Waals surface area contributed by atoms with E-state index in [0.29, 0.717) is 24.4 Å². The van der Waals surface area contributed by atoms with Gasteiger partial charge < -0.3 is 20.9 Å². The average Bonchev–Trinajstić information content (AvgIpc) is 3.08. The molecule has 2 aromatic rings. The van der Waals surface area contributed by atoms with Crippen molar-refractivity contribution >= 4 is 41.0 Å². The van der Waals surface area contributed by atoms with Crippen LogP contribution >= 0.6 is 11.6 Å². The van der Waals surface area contributed by atoms with Crippen molar-refractivity contribution in [3.63, 3.8) is 0 Å². The largest absolute Gasteiger partial charge is 0.496 e. The smallest absolute Gasteiger partial charge is 0.337 e. The summed E-state index contributed by atoms with van der Waals surface area (Å²) in [5.41, 5.74) is 10.4. The van der Waals surface area contributed by atoms with Gasteiger partial charge in [0.25, 0.3) is 0 Å². The molecule has 39 heavy (non-hydrogen) atoms. The minimum absolute atomic E-state index is 0.000808. The Morgan fingerprint density at radius 2 is 1.97 bits per heavy atom. The molecule has 1 atom stereocenters. The van der Waals surface area contributed by atoms with Crippen LogP contribution in [-0.2, 0) is 9.63 Å². The molecular weight excluding hydrogens is 526 g/mol. The number of amidine groups is 1. The normalized spacial score (nSPS) is 13.8. The number of methoxy groups -OCH3 is 1. The van der Waals surface area contributed by atoms with Gasteiger partial charge in [0.2, 0.25) is 5.91 Å². The Labute approximate surface area is 233 Å². The van der Waals surface area contributed by atoms with Gasteiger partial charge in [0.15, 0.2) is 0 Å². The summed E-state index contributed by atoms with van der Waals surface area (Å²) in [7, 11) is 1.65. The maximum absolute atomic E-state index is 12.8. The van der Waals surface area contributed by atoms with Crippen molar-refractivity contribution in [2.45, 2.75) is 46.1 Å². The zero-order valence-electron chi connectivity index (χ0n) is 22.6. The summed E-state index contributed by atoms with van der Waals surface area (Å²) in [6.45, 7) is 6.38. The van der Waals surface area contributed by atoms with Crippen LogP contribution < -0.4 is 21.3 Å². The molecule has 0 saturated heterocycles. The second kappa shape index (κ2) is 15.6. The van der Waals surface area contributed by atoms with Crippen LogP contribution in [0.25, 0.3) is 0 Å². The first-order chi connectivity index (χ1) is 18.6. The average molecular weight is 562 g/mol. The number of aryl methyl sites for hydroxylation is 1. The molecule has 1 unspecified atom stereocenters. The highest BCUT2D eigenvalue weighted by molar-refractivity contribution is 6.30. The minimum atomic E-state index is -1.12. The van der Waals surface area contributed by atoms with Gasteiger partial charge in [-0.15, -0.1) is 0 Å². The number of aliphatic imine (C=N–C) groups is 1. The lowest BCUT2D eigenvalue weighted by Crippen LogP contribution is -2.48. The lowest BCUT2D eigenvalue weighted by molar-refractivity contribution is -0.127. The van der Waals surface area contributed by atoms with E-state index in [-0.39, 0.29) is 36.7 Å². The van der Waals surface area contributed by atoms with Crippen molar-refractivity contribution in [1.29, 1.82) is 0 Å². The van der Waals surface area contributed by atoms with Gasteiger partial charge in [-0.25, -0.2) is 9.59 Å². The van der Waals surface area contributed by atoms with E-state index in [1.165, 1.54) is 12.1 Å². The number of carboxylic acid groups (broad SMARTS) is 1. The Balaban J connectivity index is 0.000000446. The number of nitrogens with zero attached hydrogens (tertiary/aromatic N) is 2. The van der Waals surface area contributed by atoms with E-state index in [1.54, 1.807) is 20.1 Å². The number of urea groups is 1. The van der Waals surface area contributed by atoms with E-state index in [9.17, 15) is 14.4 Å². The number of rotatable bonds is 8. The predicted molar refractivity (Wildman–Crippen MR) is 150 cm³/mol. The van der Waals surface area contributed by atoms with E-state index in [0.717, 1.165) is 27.7 Å². The summed E-state index contributed by atoms with van der Waals surface area (Å²) < 4.78 is 5.04. The van der Waals surface area contributed by atoms with Crippen LogP contribution in [0, 0.1) is 6.92 Å². The van der Waals surface area contributed by atoms with Crippen LogP contribution in [0.1, 0.15) is 60.6 Å². The molecule has 0 saturated carbocycles. The highest BCUT2D eigenvalue weighted by Gasteiger charge is 2.27. The molecule has 5 N–H and O–H groups in total. The van der Waals surface area contributed by atoms with Crippen LogP contribution in [-0.4, -0.2) is 60.6 Å². The van der Waals surface area contributed by atoms with Crippen LogP contribution in [0.2, 0.25) is 5.02 Å². The van der Waals surface area contributed by atoms with E-state index >= 15 is 0 Å². The third-order valence-corrected chi connectivity index (χ3v) is 5.99. The van der Waals surface area contributed by atoms with Crippen molar-refractivity contribution in [1.82, 2.24) is 15.7 Å². The quantitative estimate of drug-likeness (QED) is 0.274.